The number of hydrogen-bond acceptors (Lipinski definition) is 5. The third kappa shape index (κ3) is 2.93. The summed E-state index contributed by atoms with van der Waals surface area (Å²) < 4.78 is 6.83. The molecule has 2 heterocycles. The molecule has 0 unspecified atom stereocenters. The number of fused-ring (bicyclic) bond motifs is 1. The Morgan fingerprint density at radius 1 is 1.35 bits per heavy atom. The highest BCUT2D eigenvalue weighted by molar-refractivity contribution is 6.30. The number of nitro groups is 1. The number of nitro benzene ring substituents is 1. The molecule has 3 rings (SSSR count). The van der Waals surface area contributed by atoms with Gasteiger partial charge in [0.15, 0.2) is 0 Å². The van der Waals surface area contributed by atoms with E-state index in [4.69, 9.17) is 16.3 Å². The van der Waals surface area contributed by atoms with E-state index in [1.165, 1.54) is 41.1 Å². The van der Waals surface area contributed by atoms with Gasteiger partial charge in [0.2, 0.25) is 0 Å². The third-order valence-electron chi connectivity index (χ3n) is 3.76. The van der Waals surface area contributed by atoms with Crippen LogP contribution in [0.4, 0.5) is 5.69 Å². The largest absolute Gasteiger partial charge is 0.493 e. The normalized spacial score (nSPS) is 20.3. The van der Waals surface area contributed by atoms with Gasteiger partial charge in [-0.1, -0.05) is 11.6 Å². The van der Waals surface area contributed by atoms with Gasteiger partial charge in [-0.15, -0.1) is 0 Å². The van der Waals surface area contributed by atoms with Crippen LogP contribution in [0.2, 0.25) is 5.02 Å². The van der Waals surface area contributed by atoms with Crippen LogP contribution >= 0.6 is 11.6 Å². The minimum absolute atomic E-state index is 0.137. The zero-order chi connectivity index (χ0) is 16.6. The highest BCUT2D eigenvalue weighted by atomic mass is 35.5. The molecule has 0 amide bonds. The van der Waals surface area contributed by atoms with Crippen molar-refractivity contribution in [3.8, 4) is 5.75 Å². The van der Waals surface area contributed by atoms with Gasteiger partial charge in [-0.05, 0) is 12.1 Å². The summed E-state index contributed by atoms with van der Waals surface area (Å²) in [6.45, 7) is 0.248. The number of ether oxygens (including phenoxy) is 1. The zero-order valence-corrected chi connectivity index (χ0v) is 12.6. The topological polar surface area (TPSA) is 94.6 Å². The van der Waals surface area contributed by atoms with Crippen LogP contribution in [0.1, 0.15) is 18.0 Å². The highest BCUT2D eigenvalue weighted by Gasteiger charge is 2.31. The van der Waals surface area contributed by atoms with E-state index in [1.807, 2.05) is 0 Å². The van der Waals surface area contributed by atoms with Crippen LogP contribution in [0, 0.1) is 10.1 Å². The zero-order valence-electron chi connectivity index (χ0n) is 11.9. The Morgan fingerprint density at radius 3 is 2.87 bits per heavy atom. The quantitative estimate of drug-likeness (QED) is 0.669. The second kappa shape index (κ2) is 6.02. The molecule has 0 radical (unpaired) electrons. The number of hydrogen-bond donors (Lipinski definition) is 1. The van der Waals surface area contributed by atoms with Gasteiger partial charge in [0.05, 0.1) is 28.7 Å². The number of nitrogens with zero attached hydrogens (tertiary/aromatic N) is 2. The predicted octanol–water partition coefficient (Wildman–Crippen LogP) is 2.14. The summed E-state index contributed by atoms with van der Waals surface area (Å²) in [6, 6.07) is 6.06. The van der Waals surface area contributed by atoms with Crippen molar-refractivity contribution in [3.05, 3.63) is 67.6 Å². The summed E-state index contributed by atoms with van der Waals surface area (Å²) in [7, 11) is 0. The summed E-state index contributed by atoms with van der Waals surface area (Å²) in [5, 5.41) is 21.8. The minimum atomic E-state index is -0.936. The van der Waals surface area contributed by atoms with Gasteiger partial charge in [-0.25, -0.2) is 0 Å². The average molecular weight is 337 g/mol. The summed E-state index contributed by atoms with van der Waals surface area (Å²) in [5.74, 6) is 0.407. The highest BCUT2D eigenvalue weighted by Crippen LogP contribution is 2.36. The molecule has 0 saturated heterocycles. The number of non-ortho nitro benzene ring substituents is 1. The first-order chi connectivity index (χ1) is 11.0. The van der Waals surface area contributed by atoms with Crippen LogP contribution in [-0.2, 0) is 0 Å². The third-order valence-corrected chi connectivity index (χ3v) is 3.98. The van der Waals surface area contributed by atoms with Gasteiger partial charge in [-0.3, -0.25) is 14.9 Å². The summed E-state index contributed by atoms with van der Waals surface area (Å²) >= 11 is 5.95. The molecular formula is C15H13ClN2O5. The second-order valence-corrected chi connectivity index (χ2v) is 5.66. The number of benzene rings is 1. The van der Waals surface area contributed by atoms with E-state index in [9.17, 15) is 20.0 Å². The monoisotopic (exact) mass is 336 g/mol. The lowest BCUT2D eigenvalue weighted by Gasteiger charge is -2.23. The smallest absolute Gasteiger partial charge is 0.270 e. The lowest BCUT2D eigenvalue weighted by Crippen LogP contribution is -2.32. The molecule has 1 aliphatic heterocycles. The molecule has 7 nitrogen and oxygen atoms in total. The summed E-state index contributed by atoms with van der Waals surface area (Å²) in [4.78, 5) is 22.7. The fraction of sp³-hybridized carbons (Fsp3) is 0.267. The van der Waals surface area contributed by atoms with Crippen LogP contribution in [0.5, 0.6) is 5.75 Å². The molecule has 2 aromatic rings. The molecular weight excluding hydrogens is 324 g/mol. The van der Waals surface area contributed by atoms with Crippen molar-refractivity contribution in [1.82, 2.24) is 4.57 Å². The van der Waals surface area contributed by atoms with Crippen LogP contribution < -0.4 is 10.3 Å². The fourth-order valence-corrected chi connectivity index (χ4v) is 2.86. The van der Waals surface area contributed by atoms with Crippen molar-refractivity contribution in [3.63, 3.8) is 0 Å². The first kappa shape index (κ1) is 15.5. The molecule has 120 valence electrons. The van der Waals surface area contributed by atoms with Crippen LogP contribution in [-0.4, -0.2) is 27.3 Å². The first-order valence-electron chi connectivity index (χ1n) is 6.94. The summed E-state index contributed by atoms with van der Waals surface area (Å²) in [6.07, 6.45) is 0.757. The Kier molecular flexibility index (Phi) is 4.06. The maximum Gasteiger partial charge on any atom is 0.270 e. The molecule has 1 aromatic heterocycles. The maximum absolute atomic E-state index is 12.2. The second-order valence-electron chi connectivity index (χ2n) is 5.22. The maximum atomic E-state index is 12.2. The average Bonchev–Trinajstić information content (AvgIpc) is 2.67. The Morgan fingerprint density at radius 2 is 2.13 bits per heavy atom. The Balaban J connectivity index is 2.23. The molecule has 0 aliphatic carbocycles. The van der Waals surface area contributed by atoms with Crippen molar-refractivity contribution < 1.29 is 14.8 Å². The number of aliphatic hydroxyl groups is 1. The number of pyridine rings is 1. The van der Waals surface area contributed by atoms with Crippen molar-refractivity contribution in [2.75, 3.05) is 6.61 Å². The molecule has 1 aliphatic rings. The van der Waals surface area contributed by atoms with Crippen LogP contribution in [0.3, 0.4) is 0 Å². The number of aromatic nitrogens is 1. The molecule has 1 aromatic carbocycles. The van der Waals surface area contributed by atoms with E-state index in [-0.39, 0.29) is 24.3 Å². The first-order valence-corrected chi connectivity index (χ1v) is 7.32. The lowest BCUT2D eigenvalue weighted by molar-refractivity contribution is -0.385. The molecule has 0 bridgehead atoms. The molecule has 0 saturated carbocycles. The number of halogens is 1. The van der Waals surface area contributed by atoms with E-state index in [0.29, 0.717) is 16.3 Å². The SMILES string of the molecule is O=c1ccc(Cl)cn1[C@@H]1c2cc([N+](=O)[O-])ccc2OCC[C@H]1O. The van der Waals surface area contributed by atoms with Gasteiger partial charge in [0.25, 0.3) is 11.2 Å². The van der Waals surface area contributed by atoms with E-state index in [2.05, 4.69) is 0 Å². The molecule has 0 fully saturated rings. The van der Waals surface area contributed by atoms with E-state index < -0.39 is 17.1 Å². The molecule has 2 atom stereocenters. The molecule has 8 heteroatoms. The van der Waals surface area contributed by atoms with E-state index >= 15 is 0 Å². The molecule has 1 N–H and O–H groups in total. The van der Waals surface area contributed by atoms with Crippen LogP contribution in [0.15, 0.2) is 41.3 Å². The standard InChI is InChI=1S/C15H13ClN2O5/c16-9-1-4-14(20)17(8-9)15-11-7-10(18(21)22)2-3-13(11)23-6-5-12(15)19/h1-4,7-8,12,15,19H,5-6H2/t12-,15-/m1/s1. The summed E-state index contributed by atoms with van der Waals surface area (Å²) in [5.41, 5.74) is -0.118. The van der Waals surface area contributed by atoms with Gasteiger partial charge >= 0.3 is 0 Å². The molecule has 23 heavy (non-hydrogen) atoms. The number of rotatable bonds is 2. The van der Waals surface area contributed by atoms with Crippen LogP contribution in [0.25, 0.3) is 0 Å². The lowest BCUT2D eigenvalue weighted by atomic mass is 9.98. The van der Waals surface area contributed by atoms with E-state index in [0.717, 1.165) is 0 Å². The van der Waals surface area contributed by atoms with Crippen molar-refractivity contribution in [2.24, 2.45) is 0 Å². The van der Waals surface area contributed by atoms with Crippen molar-refractivity contribution >= 4 is 17.3 Å². The van der Waals surface area contributed by atoms with Gasteiger partial charge < -0.3 is 14.4 Å². The number of aliphatic hydroxyl groups excluding tert-OH is 1. The molecule has 0 spiro atoms. The Hall–Kier alpha value is -2.38. The van der Waals surface area contributed by atoms with Crippen molar-refractivity contribution in [1.29, 1.82) is 0 Å². The minimum Gasteiger partial charge on any atom is -0.493 e. The van der Waals surface area contributed by atoms with Crippen molar-refractivity contribution in [2.45, 2.75) is 18.6 Å². The Labute approximate surface area is 135 Å². The van der Waals surface area contributed by atoms with Gasteiger partial charge in [-0.2, -0.15) is 0 Å². The van der Waals surface area contributed by atoms with Gasteiger partial charge in [0.1, 0.15) is 5.75 Å². The Bertz CT molecular complexity index is 820. The van der Waals surface area contributed by atoms with Gasteiger partial charge in [0, 0.05) is 36.4 Å². The predicted molar refractivity (Wildman–Crippen MR) is 83.1 cm³/mol. The fourth-order valence-electron chi connectivity index (χ4n) is 2.70. The van der Waals surface area contributed by atoms with E-state index in [1.54, 1.807) is 0 Å².